The molecule has 1 unspecified atom stereocenters. The fraction of sp³-hybridized carbons (Fsp3) is 0.667. The number of pyridine rings is 1. The number of hydrogen-bond acceptors (Lipinski definition) is 7. The Morgan fingerprint density at radius 3 is 2.88 bits per heavy atom. The number of carbonyl (C=O) groups is 1. The largest absolute Gasteiger partial charge is 0.472 e. The van der Waals surface area contributed by atoms with Crippen LogP contribution < -0.4 is 4.74 Å². The lowest BCUT2D eigenvalue weighted by Gasteiger charge is -2.34. The van der Waals surface area contributed by atoms with Crippen molar-refractivity contribution >= 4 is 5.91 Å². The van der Waals surface area contributed by atoms with Crippen molar-refractivity contribution in [3.8, 4) is 5.88 Å². The van der Waals surface area contributed by atoms with E-state index >= 15 is 0 Å². The highest BCUT2D eigenvalue weighted by Gasteiger charge is 2.23. The number of piperazine rings is 1. The Kier molecular flexibility index (Phi) is 7.19. The Balaban J connectivity index is 1.47. The van der Waals surface area contributed by atoms with Gasteiger partial charge < -0.3 is 24.2 Å². The van der Waals surface area contributed by atoms with Crippen LogP contribution in [0.15, 0.2) is 18.3 Å². The molecule has 8 nitrogen and oxygen atoms in total. The molecule has 1 aromatic rings. The van der Waals surface area contributed by atoms with E-state index in [1.54, 1.807) is 18.3 Å². The molecule has 2 aliphatic rings. The molecular weight excluding hydrogens is 338 g/mol. The van der Waals surface area contributed by atoms with Gasteiger partial charge in [0.1, 0.15) is 6.10 Å². The summed E-state index contributed by atoms with van der Waals surface area (Å²) in [5.41, 5.74) is 0.605. The standard InChI is InChI=1S/C18H27N3O5/c22-9-12-24-11-8-20-4-6-21(7-5-20)18(23)15-1-3-19-17(13-15)26-16-2-10-25-14-16/h1,3,13,16,22H,2,4-12,14H2. The monoisotopic (exact) mass is 365 g/mol. The number of carbonyl (C=O) groups excluding carboxylic acids is 1. The molecule has 2 saturated heterocycles. The number of aromatic nitrogens is 1. The summed E-state index contributed by atoms with van der Waals surface area (Å²) in [4.78, 5) is 21.1. The van der Waals surface area contributed by atoms with E-state index in [9.17, 15) is 4.79 Å². The molecule has 144 valence electrons. The highest BCUT2D eigenvalue weighted by atomic mass is 16.5. The molecule has 0 bridgehead atoms. The predicted molar refractivity (Wildman–Crippen MR) is 94.3 cm³/mol. The fourth-order valence-electron chi connectivity index (χ4n) is 3.10. The van der Waals surface area contributed by atoms with E-state index in [-0.39, 0.29) is 18.6 Å². The summed E-state index contributed by atoms with van der Waals surface area (Å²) in [5.74, 6) is 0.488. The lowest BCUT2D eigenvalue weighted by atomic mass is 10.2. The molecule has 0 aliphatic carbocycles. The van der Waals surface area contributed by atoms with Gasteiger partial charge in [0, 0.05) is 57.0 Å². The smallest absolute Gasteiger partial charge is 0.254 e. The minimum Gasteiger partial charge on any atom is -0.472 e. The average molecular weight is 365 g/mol. The number of aliphatic hydroxyl groups is 1. The van der Waals surface area contributed by atoms with Crippen molar-refractivity contribution < 1.29 is 24.1 Å². The van der Waals surface area contributed by atoms with E-state index in [1.165, 1.54) is 0 Å². The van der Waals surface area contributed by atoms with E-state index in [4.69, 9.17) is 19.3 Å². The number of amides is 1. The lowest BCUT2D eigenvalue weighted by molar-refractivity contribution is 0.0486. The van der Waals surface area contributed by atoms with Gasteiger partial charge in [-0.15, -0.1) is 0 Å². The maximum absolute atomic E-state index is 12.7. The van der Waals surface area contributed by atoms with Crippen molar-refractivity contribution in [2.24, 2.45) is 0 Å². The molecule has 2 fully saturated rings. The summed E-state index contributed by atoms with van der Waals surface area (Å²) in [5, 5.41) is 8.70. The van der Waals surface area contributed by atoms with Crippen LogP contribution in [0.5, 0.6) is 5.88 Å². The van der Waals surface area contributed by atoms with Gasteiger partial charge in [-0.1, -0.05) is 0 Å². The van der Waals surface area contributed by atoms with E-state index in [2.05, 4.69) is 9.88 Å². The number of ether oxygens (including phenoxy) is 3. The van der Waals surface area contributed by atoms with Gasteiger partial charge in [-0.25, -0.2) is 4.98 Å². The first kappa shape index (κ1) is 19.0. The van der Waals surface area contributed by atoms with Crippen LogP contribution in [0, 0.1) is 0 Å². The second kappa shape index (κ2) is 9.82. The van der Waals surface area contributed by atoms with Crippen LogP contribution in [0.3, 0.4) is 0 Å². The Morgan fingerprint density at radius 1 is 1.31 bits per heavy atom. The number of nitrogens with zero attached hydrogens (tertiary/aromatic N) is 3. The minimum atomic E-state index is 0.0103. The quantitative estimate of drug-likeness (QED) is 0.650. The number of aliphatic hydroxyl groups excluding tert-OH is 1. The van der Waals surface area contributed by atoms with Crippen LogP contribution in [-0.4, -0.2) is 97.7 Å². The zero-order chi connectivity index (χ0) is 18.2. The Bertz CT molecular complexity index is 572. The average Bonchev–Trinajstić information content (AvgIpc) is 3.18. The van der Waals surface area contributed by atoms with E-state index in [0.717, 1.165) is 26.1 Å². The van der Waals surface area contributed by atoms with Crippen LogP contribution in [0.4, 0.5) is 0 Å². The van der Waals surface area contributed by atoms with Gasteiger partial charge in [-0.05, 0) is 6.07 Å². The normalized spacial score (nSPS) is 21.1. The molecule has 1 amide bonds. The van der Waals surface area contributed by atoms with E-state index < -0.39 is 0 Å². The summed E-state index contributed by atoms with van der Waals surface area (Å²) in [6, 6.07) is 3.45. The Labute approximate surface area is 153 Å². The first-order valence-electron chi connectivity index (χ1n) is 9.17. The maximum Gasteiger partial charge on any atom is 0.254 e. The summed E-state index contributed by atoms with van der Waals surface area (Å²) in [6.07, 6.45) is 2.49. The van der Waals surface area contributed by atoms with E-state index in [0.29, 0.717) is 51.0 Å². The molecule has 2 aliphatic heterocycles. The topological polar surface area (TPSA) is 84.4 Å². The van der Waals surface area contributed by atoms with Gasteiger partial charge in [-0.3, -0.25) is 9.69 Å². The number of hydrogen-bond donors (Lipinski definition) is 1. The molecule has 3 rings (SSSR count). The molecule has 0 spiro atoms. The van der Waals surface area contributed by atoms with Gasteiger partial charge in [0.25, 0.3) is 5.91 Å². The maximum atomic E-state index is 12.7. The molecule has 1 atom stereocenters. The lowest BCUT2D eigenvalue weighted by Crippen LogP contribution is -2.49. The molecule has 1 N–H and O–H groups in total. The van der Waals surface area contributed by atoms with Crippen LogP contribution in [0.1, 0.15) is 16.8 Å². The van der Waals surface area contributed by atoms with Gasteiger partial charge in [0.05, 0.1) is 33.0 Å². The molecular formula is C18H27N3O5. The van der Waals surface area contributed by atoms with Crippen molar-refractivity contribution in [2.75, 3.05) is 65.8 Å². The van der Waals surface area contributed by atoms with Gasteiger partial charge >= 0.3 is 0 Å². The van der Waals surface area contributed by atoms with Crippen LogP contribution >= 0.6 is 0 Å². The Hall–Kier alpha value is -1.74. The van der Waals surface area contributed by atoms with Gasteiger partial charge in [0.2, 0.25) is 5.88 Å². The van der Waals surface area contributed by atoms with Crippen molar-refractivity contribution in [1.29, 1.82) is 0 Å². The SMILES string of the molecule is O=C(c1ccnc(OC2CCOC2)c1)N1CCN(CCOCCO)CC1. The zero-order valence-corrected chi connectivity index (χ0v) is 15.0. The summed E-state index contributed by atoms with van der Waals surface area (Å²) in [7, 11) is 0. The summed E-state index contributed by atoms with van der Waals surface area (Å²) in [6.45, 7) is 6.14. The third-order valence-corrected chi connectivity index (χ3v) is 4.60. The molecule has 0 radical (unpaired) electrons. The predicted octanol–water partition coefficient (Wildman–Crippen LogP) is 0.0160. The molecule has 8 heteroatoms. The van der Waals surface area contributed by atoms with Crippen molar-refractivity contribution in [2.45, 2.75) is 12.5 Å². The summed E-state index contributed by atoms with van der Waals surface area (Å²) >= 11 is 0. The van der Waals surface area contributed by atoms with Crippen molar-refractivity contribution in [3.63, 3.8) is 0 Å². The number of rotatable bonds is 8. The van der Waals surface area contributed by atoms with Gasteiger partial charge in [0.15, 0.2) is 0 Å². The second-order valence-corrected chi connectivity index (χ2v) is 6.46. The Morgan fingerprint density at radius 2 is 2.15 bits per heavy atom. The minimum absolute atomic E-state index is 0.0103. The van der Waals surface area contributed by atoms with Crippen LogP contribution in [-0.2, 0) is 9.47 Å². The highest BCUT2D eigenvalue weighted by molar-refractivity contribution is 5.94. The third kappa shape index (κ3) is 5.38. The summed E-state index contributed by atoms with van der Waals surface area (Å²) < 4.78 is 16.4. The third-order valence-electron chi connectivity index (χ3n) is 4.60. The molecule has 26 heavy (non-hydrogen) atoms. The molecule has 0 aromatic carbocycles. The van der Waals surface area contributed by atoms with Crippen LogP contribution in [0.25, 0.3) is 0 Å². The van der Waals surface area contributed by atoms with Crippen LogP contribution in [0.2, 0.25) is 0 Å². The first-order valence-corrected chi connectivity index (χ1v) is 9.17. The highest BCUT2D eigenvalue weighted by Crippen LogP contribution is 2.17. The zero-order valence-electron chi connectivity index (χ0n) is 15.0. The molecule has 3 heterocycles. The fourth-order valence-corrected chi connectivity index (χ4v) is 3.10. The molecule has 0 saturated carbocycles. The second-order valence-electron chi connectivity index (χ2n) is 6.46. The van der Waals surface area contributed by atoms with Crippen molar-refractivity contribution in [1.82, 2.24) is 14.8 Å². The first-order chi connectivity index (χ1) is 12.8. The molecule has 1 aromatic heterocycles. The van der Waals surface area contributed by atoms with E-state index in [1.807, 2.05) is 4.90 Å². The van der Waals surface area contributed by atoms with Gasteiger partial charge in [-0.2, -0.15) is 0 Å². The van der Waals surface area contributed by atoms with Crippen molar-refractivity contribution in [3.05, 3.63) is 23.9 Å².